The van der Waals surface area contributed by atoms with E-state index in [4.69, 9.17) is 0 Å². The lowest BCUT2D eigenvalue weighted by Gasteiger charge is -2.11. The highest BCUT2D eigenvalue weighted by molar-refractivity contribution is 5.36. The Kier molecular flexibility index (Phi) is 5.85. The number of unbranched alkanes of at least 4 members (excludes halogenated alkanes) is 1. The highest BCUT2D eigenvalue weighted by atomic mass is 14.1. The summed E-state index contributed by atoms with van der Waals surface area (Å²) >= 11 is 0. The van der Waals surface area contributed by atoms with Gasteiger partial charge < -0.3 is 0 Å². The highest BCUT2D eigenvalue weighted by Gasteiger charge is 2.04. The third kappa shape index (κ3) is 4.83. The van der Waals surface area contributed by atoms with Gasteiger partial charge in [-0.3, -0.25) is 0 Å². The van der Waals surface area contributed by atoms with E-state index >= 15 is 0 Å². The van der Waals surface area contributed by atoms with Gasteiger partial charge in [-0.05, 0) is 53.5 Å². The monoisotopic (exact) mass is 314 g/mol. The molecule has 24 heavy (non-hydrogen) atoms. The second-order valence-electron chi connectivity index (χ2n) is 6.59. The van der Waals surface area contributed by atoms with E-state index in [9.17, 15) is 0 Å². The molecule has 3 rings (SSSR count). The van der Waals surface area contributed by atoms with Crippen molar-refractivity contribution in [1.82, 2.24) is 0 Å². The van der Waals surface area contributed by atoms with Crippen LogP contribution in [0.4, 0.5) is 0 Å². The maximum absolute atomic E-state index is 2.40. The predicted octanol–water partition coefficient (Wildman–Crippen LogP) is 6.21. The zero-order valence-corrected chi connectivity index (χ0v) is 14.5. The third-order valence-corrected chi connectivity index (χ3v) is 4.43. The minimum absolute atomic E-state index is 1.02. The zero-order chi connectivity index (χ0) is 16.6. The molecule has 0 heterocycles. The van der Waals surface area contributed by atoms with Crippen LogP contribution in [-0.4, -0.2) is 0 Å². The smallest absolute Gasteiger partial charge is 0.00256 e. The first kappa shape index (κ1) is 16.5. The van der Waals surface area contributed by atoms with Crippen LogP contribution in [0.2, 0.25) is 0 Å². The Morgan fingerprint density at radius 2 is 1.00 bits per heavy atom. The van der Waals surface area contributed by atoms with Crippen molar-refractivity contribution in [2.45, 2.75) is 39.0 Å². The fourth-order valence-corrected chi connectivity index (χ4v) is 3.23. The molecule has 0 radical (unpaired) electrons. The van der Waals surface area contributed by atoms with Crippen molar-refractivity contribution < 1.29 is 0 Å². The van der Waals surface area contributed by atoms with Gasteiger partial charge in [0.05, 0.1) is 0 Å². The Morgan fingerprint density at radius 1 is 0.542 bits per heavy atom. The molecule has 0 unspecified atom stereocenters. The van der Waals surface area contributed by atoms with Crippen LogP contribution in [-0.2, 0) is 19.3 Å². The third-order valence-electron chi connectivity index (χ3n) is 4.43. The summed E-state index contributed by atoms with van der Waals surface area (Å²) in [6.07, 6.45) is 5.72. The van der Waals surface area contributed by atoms with Crippen molar-refractivity contribution in [2.24, 2.45) is 0 Å². The molecular formula is C24H26. The minimum atomic E-state index is 1.02. The molecule has 0 nitrogen and oxygen atoms in total. The summed E-state index contributed by atoms with van der Waals surface area (Å²) in [6, 6.07) is 28.7. The van der Waals surface area contributed by atoms with Crippen molar-refractivity contribution >= 4 is 0 Å². The van der Waals surface area contributed by atoms with E-state index in [0.717, 1.165) is 12.8 Å². The van der Waals surface area contributed by atoms with Gasteiger partial charge in [0.25, 0.3) is 0 Å². The van der Waals surface area contributed by atoms with Gasteiger partial charge in [-0.25, -0.2) is 0 Å². The second kappa shape index (κ2) is 8.49. The van der Waals surface area contributed by atoms with E-state index in [1.165, 1.54) is 47.1 Å². The van der Waals surface area contributed by atoms with Gasteiger partial charge in [0.1, 0.15) is 0 Å². The number of hydrogen-bond acceptors (Lipinski definition) is 0. The Hall–Kier alpha value is -2.34. The molecule has 122 valence electrons. The summed E-state index contributed by atoms with van der Waals surface area (Å²) in [4.78, 5) is 0. The Labute approximate surface area is 146 Å². The van der Waals surface area contributed by atoms with E-state index in [1.54, 1.807) is 0 Å². The number of hydrogen-bond donors (Lipinski definition) is 0. The van der Waals surface area contributed by atoms with Gasteiger partial charge in [0.2, 0.25) is 0 Å². The summed E-state index contributed by atoms with van der Waals surface area (Å²) in [7, 11) is 0. The maximum atomic E-state index is 2.40. The molecule has 0 atom stereocenters. The normalized spacial score (nSPS) is 10.7. The van der Waals surface area contributed by atoms with Crippen LogP contribution in [0.15, 0.2) is 78.9 Å². The summed E-state index contributed by atoms with van der Waals surface area (Å²) in [5.41, 5.74) is 7.12. The molecule has 0 saturated carbocycles. The average Bonchev–Trinajstić information content (AvgIpc) is 2.61. The van der Waals surface area contributed by atoms with Gasteiger partial charge in [-0.15, -0.1) is 0 Å². The van der Waals surface area contributed by atoms with Crippen molar-refractivity contribution in [3.05, 3.63) is 107 Å². The van der Waals surface area contributed by atoms with Crippen LogP contribution in [0.3, 0.4) is 0 Å². The van der Waals surface area contributed by atoms with Crippen molar-refractivity contribution in [2.75, 3.05) is 0 Å². The zero-order valence-electron chi connectivity index (χ0n) is 14.5. The molecule has 0 fully saturated rings. The second-order valence-corrected chi connectivity index (χ2v) is 6.59. The molecular weight excluding hydrogens is 288 g/mol. The molecule has 0 aliphatic heterocycles. The first-order valence-electron chi connectivity index (χ1n) is 9.03. The molecule has 0 N–H and O–H groups in total. The fraction of sp³-hybridized carbons (Fsp3) is 0.250. The molecule has 0 spiro atoms. The molecule has 3 aromatic rings. The number of aryl methyl sites for hydroxylation is 1. The van der Waals surface area contributed by atoms with E-state index in [2.05, 4.69) is 85.8 Å². The lowest BCUT2D eigenvalue weighted by Crippen LogP contribution is -1.97. The molecule has 0 heteroatoms. The quantitative estimate of drug-likeness (QED) is 0.486. The van der Waals surface area contributed by atoms with Crippen molar-refractivity contribution in [1.29, 1.82) is 0 Å². The van der Waals surface area contributed by atoms with Gasteiger partial charge in [0, 0.05) is 0 Å². The highest BCUT2D eigenvalue weighted by Crippen LogP contribution is 2.19. The van der Waals surface area contributed by atoms with Crippen molar-refractivity contribution in [3.63, 3.8) is 0 Å². The summed E-state index contributed by atoms with van der Waals surface area (Å²) in [5, 5.41) is 0. The lowest BCUT2D eigenvalue weighted by molar-refractivity contribution is 0.793. The van der Waals surface area contributed by atoms with Crippen LogP contribution in [0.25, 0.3) is 0 Å². The minimum Gasteiger partial charge on any atom is -0.0654 e. The SMILES string of the molecule is CCCCc1cc(Cc2ccccc2)cc(Cc2ccccc2)c1. The number of benzene rings is 3. The summed E-state index contributed by atoms with van der Waals surface area (Å²) in [5.74, 6) is 0. The Morgan fingerprint density at radius 3 is 1.46 bits per heavy atom. The van der Waals surface area contributed by atoms with Crippen LogP contribution in [0, 0.1) is 0 Å². The van der Waals surface area contributed by atoms with Gasteiger partial charge in [0.15, 0.2) is 0 Å². The van der Waals surface area contributed by atoms with Gasteiger partial charge >= 0.3 is 0 Å². The summed E-state index contributed by atoms with van der Waals surface area (Å²) in [6.45, 7) is 2.26. The van der Waals surface area contributed by atoms with Crippen LogP contribution in [0.5, 0.6) is 0 Å². The molecule has 0 amide bonds. The average molecular weight is 314 g/mol. The van der Waals surface area contributed by atoms with Gasteiger partial charge in [-0.1, -0.05) is 92.2 Å². The molecule has 0 aliphatic rings. The Balaban J connectivity index is 1.85. The van der Waals surface area contributed by atoms with E-state index in [-0.39, 0.29) is 0 Å². The number of rotatable bonds is 7. The first-order chi connectivity index (χ1) is 11.8. The standard InChI is InChI=1S/C24H26/c1-2-3-10-22-17-23(15-20-11-6-4-7-12-20)19-24(18-22)16-21-13-8-5-9-14-21/h4-9,11-14,17-19H,2-3,10,15-16H2,1H3. The molecule has 0 bridgehead atoms. The summed E-state index contributed by atoms with van der Waals surface area (Å²) < 4.78 is 0. The van der Waals surface area contributed by atoms with Crippen LogP contribution in [0.1, 0.15) is 47.6 Å². The van der Waals surface area contributed by atoms with E-state index in [1.807, 2.05) is 0 Å². The maximum Gasteiger partial charge on any atom is -0.00256 e. The fourth-order valence-electron chi connectivity index (χ4n) is 3.23. The van der Waals surface area contributed by atoms with Gasteiger partial charge in [-0.2, -0.15) is 0 Å². The molecule has 0 saturated heterocycles. The molecule has 0 aliphatic carbocycles. The largest absolute Gasteiger partial charge is 0.0654 e. The topological polar surface area (TPSA) is 0 Å². The molecule has 3 aromatic carbocycles. The molecule has 0 aromatic heterocycles. The van der Waals surface area contributed by atoms with E-state index in [0.29, 0.717) is 0 Å². The van der Waals surface area contributed by atoms with Crippen LogP contribution >= 0.6 is 0 Å². The first-order valence-corrected chi connectivity index (χ1v) is 9.03. The van der Waals surface area contributed by atoms with E-state index < -0.39 is 0 Å². The predicted molar refractivity (Wildman–Crippen MR) is 104 cm³/mol. The van der Waals surface area contributed by atoms with Crippen molar-refractivity contribution in [3.8, 4) is 0 Å². The Bertz CT molecular complexity index is 682. The van der Waals surface area contributed by atoms with Crippen LogP contribution < -0.4 is 0 Å². The lowest BCUT2D eigenvalue weighted by atomic mass is 9.95.